The van der Waals surface area contributed by atoms with Gasteiger partial charge in [-0.25, -0.2) is 8.42 Å². The van der Waals surface area contributed by atoms with Gasteiger partial charge in [-0.15, -0.1) is 25.6 Å². The SMILES string of the molecule is COC1CCN(S(=O)(=O)c2ccccc2OC(F)(F)F)C(CN)C1.Cl. The summed E-state index contributed by atoms with van der Waals surface area (Å²) in [6.45, 7) is 0.157. The monoisotopic (exact) mass is 404 g/mol. The number of alkyl halides is 3. The Hall–Kier alpha value is -1.07. The highest BCUT2D eigenvalue weighted by atomic mass is 35.5. The molecule has 6 nitrogen and oxygen atoms in total. The maximum atomic E-state index is 12.8. The van der Waals surface area contributed by atoms with Crippen LogP contribution in [0, 0.1) is 0 Å². The van der Waals surface area contributed by atoms with Crippen LogP contribution >= 0.6 is 12.4 Å². The van der Waals surface area contributed by atoms with Crippen LogP contribution in [0.3, 0.4) is 0 Å². The van der Waals surface area contributed by atoms with E-state index in [0.717, 1.165) is 16.4 Å². The molecule has 1 aromatic carbocycles. The van der Waals surface area contributed by atoms with Crippen molar-refractivity contribution in [1.82, 2.24) is 4.31 Å². The zero-order chi connectivity index (χ0) is 18.0. The largest absolute Gasteiger partial charge is 0.573 e. The minimum Gasteiger partial charge on any atom is -0.404 e. The third-order valence-electron chi connectivity index (χ3n) is 3.88. The number of nitrogens with two attached hydrogens (primary N) is 1. The molecule has 25 heavy (non-hydrogen) atoms. The second-order valence-electron chi connectivity index (χ2n) is 5.38. The zero-order valence-electron chi connectivity index (χ0n) is 13.4. The van der Waals surface area contributed by atoms with Crippen LogP contribution in [0.15, 0.2) is 29.2 Å². The zero-order valence-corrected chi connectivity index (χ0v) is 15.0. The minimum atomic E-state index is -4.98. The van der Waals surface area contributed by atoms with Gasteiger partial charge in [0.2, 0.25) is 10.0 Å². The quantitative estimate of drug-likeness (QED) is 0.813. The number of piperidine rings is 1. The maximum Gasteiger partial charge on any atom is 0.573 e. The maximum absolute atomic E-state index is 12.8. The fourth-order valence-corrected chi connectivity index (χ4v) is 4.51. The minimum absolute atomic E-state index is 0. The fraction of sp³-hybridized carbons (Fsp3) is 0.571. The molecule has 144 valence electrons. The van der Waals surface area contributed by atoms with Gasteiger partial charge in [0.15, 0.2) is 0 Å². The first-order chi connectivity index (χ1) is 11.2. The van der Waals surface area contributed by atoms with E-state index in [2.05, 4.69) is 4.74 Å². The van der Waals surface area contributed by atoms with Crippen LogP contribution in [0.5, 0.6) is 5.75 Å². The van der Waals surface area contributed by atoms with Gasteiger partial charge < -0.3 is 15.2 Å². The third kappa shape index (κ3) is 5.20. The Morgan fingerprint density at radius 3 is 2.52 bits per heavy atom. The predicted octanol–water partition coefficient (Wildman–Crippen LogP) is 2.13. The van der Waals surface area contributed by atoms with Gasteiger partial charge in [-0.2, -0.15) is 4.31 Å². The smallest absolute Gasteiger partial charge is 0.404 e. The number of hydrogen-bond donors (Lipinski definition) is 1. The summed E-state index contributed by atoms with van der Waals surface area (Å²) in [4.78, 5) is -0.531. The van der Waals surface area contributed by atoms with E-state index in [0.29, 0.717) is 12.8 Å². The summed E-state index contributed by atoms with van der Waals surface area (Å²) in [7, 11) is -2.66. The van der Waals surface area contributed by atoms with E-state index in [1.807, 2.05) is 0 Å². The molecule has 2 unspecified atom stereocenters. The Morgan fingerprint density at radius 2 is 1.96 bits per heavy atom. The van der Waals surface area contributed by atoms with Crippen molar-refractivity contribution in [1.29, 1.82) is 0 Å². The molecule has 0 amide bonds. The number of rotatable bonds is 5. The second kappa shape index (κ2) is 8.54. The van der Waals surface area contributed by atoms with E-state index in [1.165, 1.54) is 19.2 Å². The van der Waals surface area contributed by atoms with Crippen LogP contribution in [-0.2, 0) is 14.8 Å². The third-order valence-corrected chi connectivity index (χ3v) is 5.87. The average Bonchev–Trinajstić information content (AvgIpc) is 2.53. The van der Waals surface area contributed by atoms with E-state index >= 15 is 0 Å². The number of nitrogens with zero attached hydrogens (tertiary/aromatic N) is 1. The Morgan fingerprint density at radius 1 is 1.32 bits per heavy atom. The molecular weight excluding hydrogens is 385 g/mol. The Bertz CT molecular complexity index is 672. The molecule has 0 spiro atoms. The predicted molar refractivity (Wildman–Crippen MR) is 87.1 cm³/mol. The number of halogens is 4. The van der Waals surface area contributed by atoms with Gasteiger partial charge >= 0.3 is 6.36 Å². The average molecular weight is 405 g/mol. The summed E-state index contributed by atoms with van der Waals surface area (Å²) in [5, 5.41) is 0. The van der Waals surface area contributed by atoms with Crippen molar-refractivity contribution in [2.45, 2.75) is 36.2 Å². The summed E-state index contributed by atoms with van der Waals surface area (Å²) in [6, 6.07) is 4.13. The Kier molecular flexibility index (Phi) is 7.51. The van der Waals surface area contributed by atoms with Gasteiger partial charge in [-0.3, -0.25) is 0 Å². The first-order valence-electron chi connectivity index (χ1n) is 7.28. The number of ether oxygens (including phenoxy) is 2. The first-order valence-corrected chi connectivity index (χ1v) is 8.72. The molecule has 0 aliphatic carbocycles. The number of methoxy groups -OCH3 is 1. The van der Waals surface area contributed by atoms with Gasteiger partial charge in [0, 0.05) is 26.2 Å². The molecule has 2 N–H and O–H groups in total. The molecule has 1 aromatic rings. The lowest BCUT2D eigenvalue weighted by molar-refractivity contribution is -0.275. The number of benzene rings is 1. The van der Waals surface area contributed by atoms with Crippen LogP contribution in [0.4, 0.5) is 13.2 Å². The first kappa shape index (κ1) is 22.0. The molecule has 1 aliphatic heterocycles. The standard InChI is InChI=1S/C14H19F3N2O4S.ClH/c1-22-11-6-7-19(10(8-11)9-18)24(20,21)13-5-3-2-4-12(13)23-14(15,16)17;/h2-5,10-11H,6-9,18H2,1H3;1H. The topological polar surface area (TPSA) is 81.9 Å². The van der Waals surface area contributed by atoms with Crippen LogP contribution in [0.2, 0.25) is 0 Å². The second-order valence-corrected chi connectivity index (χ2v) is 7.24. The van der Waals surface area contributed by atoms with Crippen molar-refractivity contribution in [2.75, 3.05) is 20.2 Å². The van der Waals surface area contributed by atoms with Crippen LogP contribution in [-0.4, -0.2) is 51.4 Å². The van der Waals surface area contributed by atoms with Crippen molar-refractivity contribution in [3.63, 3.8) is 0 Å². The molecule has 1 fully saturated rings. The Labute approximate surface area is 150 Å². The summed E-state index contributed by atoms with van der Waals surface area (Å²) < 4.78 is 73.5. The van der Waals surface area contributed by atoms with Crippen LogP contribution in [0.1, 0.15) is 12.8 Å². The summed E-state index contributed by atoms with van der Waals surface area (Å²) in [5.41, 5.74) is 5.65. The van der Waals surface area contributed by atoms with Crippen LogP contribution in [0.25, 0.3) is 0 Å². The molecule has 0 aromatic heterocycles. The molecule has 2 rings (SSSR count). The summed E-state index contributed by atoms with van der Waals surface area (Å²) in [5.74, 6) is -0.755. The van der Waals surface area contributed by atoms with Gasteiger partial charge in [0.05, 0.1) is 6.10 Å². The normalized spacial score (nSPS) is 22.3. The molecule has 0 bridgehead atoms. The molecule has 1 heterocycles. The van der Waals surface area contributed by atoms with Crippen molar-refractivity contribution in [3.05, 3.63) is 24.3 Å². The van der Waals surface area contributed by atoms with E-state index in [-0.39, 0.29) is 31.6 Å². The molecule has 0 radical (unpaired) electrons. The van der Waals surface area contributed by atoms with E-state index in [4.69, 9.17) is 10.5 Å². The van der Waals surface area contributed by atoms with Gasteiger partial charge in [-0.1, -0.05) is 12.1 Å². The van der Waals surface area contributed by atoms with Gasteiger partial charge in [0.1, 0.15) is 10.6 Å². The highest BCUT2D eigenvalue weighted by Crippen LogP contribution is 2.33. The van der Waals surface area contributed by atoms with Crippen molar-refractivity contribution < 1.29 is 31.1 Å². The number of sulfonamides is 1. The van der Waals surface area contributed by atoms with Crippen molar-refractivity contribution >= 4 is 22.4 Å². The van der Waals surface area contributed by atoms with E-state index < -0.39 is 33.1 Å². The fourth-order valence-electron chi connectivity index (χ4n) is 2.74. The molecule has 11 heteroatoms. The van der Waals surface area contributed by atoms with Crippen molar-refractivity contribution in [3.8, 4) is 5.75 Å². The summed E-state index contributed by atoms with van der Waals surface area (Å²) in [6.07, 6.45) is -4.29. The van der Waals surface area contributed by atoms with E-state index in [1.54, 1.807) is 0 Å². The van der Waals surface area contributed by atoms with Gasteiger partial charge in [0.25, 0.3) is 0 Å². The number of para-hydroxylation sites is 1. The molecular formula is C14H20ClF3N2O4S. The van der Waals surface area contributed by atoms with Crippen LogP contribution < -0.4 is 10.5 Å². The highest BCUT2D eigenvalue weighted by molar-refractivity contribution is 7.89. The Balaban J connectivity index is 0.00000312. The molecule has 0 saturated carbocycles. The number of hydrogen-bond acceptors (Lipinski definition) is 5. The lowest BCUT2D eigenvalue weighted by atomic mass is 10.0. The van der Waals surface area contributed by atoms with Gasteiger partial charge in [-0.05, 0) is 25.0 Å². The molecule has 2 atom stereocenters. The highest BCUT2D eigenvalue weighted by Gasteiger charge is 2.39. The van der Waals surface area contributed by atoms with E-state index in [9.17, 15) is 21.6 Å². The lowest BCUT2D eigenvalue weighted by Gasteiger charge is -2.37. The lowest BCUT2D eigenvalue weighted by Crippen LogP contribution is -2.51. The van der Waals surface area contributed by atoms with Crippen molar-refractivity contribution in [2.24, 2.45) is 5.73 Å². The summed E-state index contributed by atoms with van der Waals surface area (Å²) >= 11 is 0. The molecule has 1 saturated heterocycles. The molecule has 1 aliphatic rings.